The number of halogens is 1. The van der Waals surface area contributed by atoms with E-state index in [1.807, 2.05) is 16.8 Å². The minimum atomic E-state index is -0.478. The fraction of sp³-hybridized carbons (Fsp3) is 0.421. The number of hydrogen-bond donors (Lipinski definition) is 2. The first kappa shape index (κ1) is 16.5. The van der Waals surface area contributed by atoms with Crippen LogP contribution in [0, 0.1) is 11.7 Å². The molecule has 3 heterocycles. The largest absolute Gasteiger partial charge is 0.449 e. The Morgan fingerprint density at radius 3 is 2.80 bits per heavy atom. The zero-order valence-electron chi connectivity index (χ0n) is 13.8. The number of hydrogen-bond acceptors (Lipinski definition) is 4. The summed E-state index contributed by atoms with van der Waals surface area (Å²) < 4.78 is 19.0. The van der Waals surface area contributed by atoms with Crippen molar-refractivity contribution in [1.29, 1.82) is 0 Å². The number of fused-ring (bicyclic) bond motifs is 2. The van der Waals surface area contributed by atoms with Crippen LogP contribution >= 0.6 is 11.3 Å². The second-order valence-corrected chi connectivity index (χ2v) is 7.68. The first-order chi connectivity index (χ1) is 12.2. The predicted molar refractivity (Wildman–Crippen MR) is 97.4 cm³/mol. The normalized spacial score (nSPS) is 24.9. The van der Waals surface area contributed by atoms with Gasteiger partial charge in [-0.15, -0.1) is 0 Å². The van der Waals surface area contributed by atoms with Gasteiger partial charge in [0, 0.05) is 17.6 Å². The highest BCUT2D eigenvalue weighted by molar-refractivity contribution is 7.08. The molecule has 1 amide bonds. The lowest BCUT2D eigenvalue weighted by atomic mass is 9.93. The van der Waals surface area contributed by atoms with E-state index in [0.717, 1.165) is 18.4 Å². The van der Waals surface area contributed by atoms with Gasteiger partial charge >= 0.3 is 6.09 Å². The molecule has 2 fully saturated rings. The summed E-state index contributed by atoms with van der Waals surface area (Å²) in [5, 5.41) is 10.2. The van der Waals surface area contributed by atoms with Gasteiger partial charge in [-0.3, -0.25) is 5.32 Å². The van der Waals surface area contributed by atoms with Crippen LogP contribution in [0.2, 0.25) is 0 Å². The number of rotatable bonds is 4. The second-order valence-electron chi connectivity index (χ2n) is 6.90. The molecule has 2 saturated heterocycles. The van der Waals surface area contributed by atoms with E-state index < -0.39 is 6.09 Å². The maximum atomic E-state index is 13.6. The van der Waals surface area contributed by atoms with E-state index in [-0.39, 0.29) is 5.82 Å². The standard InChI is InChI=1S/C19H21FN2O2S/c20-14-1-4-18(17(9-14)13-5-6-25-11-13)22-19(23)24-10-12-7-15-2-3-16(8-12)21-15/h1,4-6,9,11-12,15-16,21H,2-3,7-8,10H2,(H,22,23). The molecular formula is C19H21FN2O2S. The number of nitrogens with one attached hydrogen (secondary N) is 2. The second kappa shape index (κ2) is 7.14. The number of carbonyl (C=O) groups is 1. The van der Waals surface area contributed by atoms with E-state index in [1.165, 1.54) is 36.3 Å². The molecular weight excluding hydrogens is 339 g/mol. The van der Waals surface area contributed by atoms with Crippen molar-refractivity contribution in [1.82, 2.24) is 5.32 Å². The molecule has 0 aliphatic carbocycles. The molecule has 4 nitrogen and oxygen atoms in total. The first-order valence-corrected chi connectivity index (χ1v) is 9.63. The average Bonchev–Trinajstić information content (AvgIpc) is 3.24. The van der Waals surface area contributed by atoms with Crippen molar-refractivity contribution < 1.29 is 13.9 Å². The molecule has 0 radical (unpaired) electrons. The van der Waals surface area contributed by atoms with Crippen molar-refractivity contribution in [2.24, 2.45) is 5.92 Å². The van der Waals surface area contributed by atoms with E-state index in [0.29, 0.717) is 35.9 Å². The number of carbonyl (C=O) groups excluding carboxylic acids is 1. The van der Waals surface area contributed by atoms with Crippen molar-refractivity contribution in [3.05, 3.63) is 40.8 Å². The van der Waals surface area contributed by atoms with Crippen LogP contribution in [-0.4, -0.2) is 24.8 Å². The Morgan fingerprint density at radius 1 is 1.28 bits per heavy atom. The lowest BCUT2D eigenvalue weighted by Gasteiger charge is -2.28. The molecule has 1 aromatic carbocycles. The molecule has 2 bridgehead atoms. The van der Waals surface area contributed by atoms with Crippen LogP contribution in [0.1, 0.15) is 25.7 Å². The monoisotopic (exact) mass is 360 g/mol. The fourth-order valence-corrected chi connectivity index (χ4v) is 4.59. The van der Waals surface area contributed by atoms with Gasteiger partial charge in [0.1, 0.15) is 5.82 Å². The number of ether oxygens (including phenoxy) is 1. The van der Waals surface area contributed by atoms with Gasteiger partial charge < -0.3 is 10.1 Å². The Morgan fingerprint density at radius 2 is 2.08 bits per heavy atom. The van der Waals surface area contributed by atoms with Crippen LogP contribution in [0.5, 0.6) is 0 Å². The van der Waals surface area contributed by atoms with E-state index in [2.05, 4.69) is 10.6 Å². The van der Waals surface area contributed by atoms with Gasteiger partial charge in [-0.1, -0.05) is 0 Å². The minimum Gasteiger partial charge on any atom is -0.449 e. The maximum Gasteiger partial charge on any atom is 0.411 e. The highest BCUT2D eigenvalue weighted by Gasteiger charge is 2.33. The summed E-state index contributed by atoms with van der Waals surface area (Å²) >= 11 is 1.53. The number of benzene rings is 1. The molecule has 2 N–H and O–H groups in total. The van der Waals surface area contributed by atoms with Crippen LogP contribution in [0.15, 0.2) is 35.0 Å². The van der Waals surface area contributed by atoms with Crippen molar-refractivity contribution in [3.63, 3.8) is 0 Å². The molecule has 132 valence electrons. The number of amides is 1. The Labute approximate surface area is 150 Å². The Kier molecular flexibility index (Phi) is 4.72. The Balaban J connectivity index is 1.38. The first-order valence-electron chi connectivity index (χ1n) is 8.69. The molecule has 2 unspecified atom stereocenters. The van der Waals surface area contributed by atoms with Gasteiger partial charge in [-0.2, -0.15) is 11.3 Å². The number of anilines is 1. The third-order valence-corrected chi connectivity index (χ3v) is 5.75. The molecule has 25 heavy (non-hydrogen) atoms. The van der Waals surface area contributed by atoms with Gasteiger partial charge in [-0.25, -0.2) is 9.18 Å². The number of piperidine rings is 1. The van der Waals surface area contributed by atoms with Crippen molar-refractivity contribution in [2.45, 2.75) is 37.8 Å². The third-order valence-electron chi connectivity index (χ3n) is 5.07. The summed E-state index contributed by atoms with van der Waals surface area (Å²) in [6.45, 7) is 0.440. The third kappa shape index (κ3) is 3.85. The SMILES string of the molecule is O=C(Nc1ccc(F)cc1-c1ccsc1)OCC1CC2CCC(C1)N2. The summed E-state index contributed by atoms with van der Waals surface area (Å²) in [6.07, 6.45) is 4.12. The van der Waals surface area contributed by atoms with Crippen molar-refractivity contribution in [2.75, 3.05) is 11.9 Å². The van der Waals surface area contributed by atoms with Crippen molar-refractivity contribution in [3.8, 4) is 11.1 Å². The van der Waals surface area contributed by atoms with Gasteiger partial charge in [0.25, 0.3) is 0 Å². The van der Waals surface area contributed by atoms with Crippen LogP contribution in [-0.2, 0) is 4.74 Å². The lowest BCUT2D eigenvalue weighted by Crippen LogP contribution is -2.39. The smallest absolute Gasteiger partial charge is 0.411 e. The average molecular weight is 360 g/mol. The van der Waals surface area contributed by atoms with Crippen LogP contribution < -0.4 is 10.6 Å². The molecule has 2 atom stereocenters. The molecule has 1 aromatic heterocycles. The summed E-state index contributed by atoms with van der Waals surface area (Å²) in [4.78, 5) is 12.2. The van der Waals surface area contributed by atoms with E-state index in [4.69, 9.17) is 4.74 Å². The van der Waals surface area contributed by atoms with Crippen LogP contribution in [0.25, 0.3) is 11.1 Å². The molecule has 0 saturated carbocycles. The van der Waals surface area contributed by atoms with E-state index in [9.17, 15) is 9.18 Å². The quantitative estimate of drug-likeness (QED) is 0.835. The highest BCUT2D eigenvalue weighted by atomic mass is 32.1. The molecule has 4 rings (SSSR count). The van der Waals surface area contributed by atoms with Gasteiger partial charge in [0.15, 0.2) is 0 Å². The van der Waals surface area contributed by atoms with Gasteiger partial charge in [0.2, 0.25) is 0 Å². The summed E-state index contributed by atoms with van der Waals surface area (Å²) in [7, 11) is 0. The Bertz CT molecular complexity index is 738. The minimum absolute atomic E-state index is 0.328. The fourth-order valence-electron chi connectivity index (χ4n) is 3.93. The van der Waals surface area contributed by atoms with E-state index >= 15 is 0 Å². The molecule has 6 heteroatoms. The maximum absolute atomic E-state index is 13.6. The molecule has 2 aromatic rings. The molecule has 2 aliphatic rings. The molecule has 0 spiro atoms. The van der Waals surface area contributed by atoms with Crippen molar-refractivity contribution >= 4 is 23.1 Å². The van der Waals surface area contributed by atoms with Gasteiger partial charge in [0.05, 0.1) is 12.3 Å². The molecule has 2 aliphatic heterocycles. The lowest BCUT2D eigenvalue weighted by molar-refractivity contribution is 0.122. The predicted octanol–water partition coefficient (Wildman–Crippen LogP) is 4.63. The van der Waals surface area contributed by atoms with E-state index in [1.54, 1.807) is 6.07 Å². The summed E-state index contributed by atoms with van der Waals surface area (Å²) in [5.41, 5.74) is 2.11. The zero-order chi connectivity index (χ0) is 17.2. The number of thiophene rings is 1. The van der Waals surface area contributed by atoms with Gasteiger partial charge in [-0.05, 0) is 72.2 Å². The van der Waals surface area contributed by atoms with Crippen LogP contribution in [0.4, 0.5) is 14.9 Å². The summed E-state index contributed by atoms with van der Waals surface area (Å²) in [6, 6.07) is 7.42. The van der Waals surface area contributed by atoms with Crippen LogP contribution in [0.3, 0.4) is 0 Å². The Hall–Kier alpha value is -1.92. The summed E-state index contributed by atoms with van der Waals surface area (Å²) in [5.74, 6) is 0.0966. The highest BCUT2D eigenvalue weighted by Crippen LogP contribution is 2.32. The zero-order valence-corrected chi connectivity index (χ0v) is 14.7. The topological polar surface area (TPSA) is 50.4 Å².